The molecule has 0 atom stereocenters. The van der Waals surface area contributed by atoms with Crippen LogP contribution in [0.15, 0.2) is 72.3 Å². The summed E-state index contributed by atoms with van der Waals surface area (Å²) in [6.45, 7) is 1.53. The van der Waals surface area contributed by atoms with E-state index in [0.29, 0.717) is 15.7 Å². The number of nitrogens with one attached hydrogen (secondary N) is 2. The van der Waals surface area contributed by atoms with Crippen molar-refractivity contribution in [1.29, 1.82) is 0 Å². The van der Waals surface area contributed by atoms with Gasteiger partial charge < -0.3 is 10.1 Å². The first-order chi connectivity index (χ1) is 17.2. The van der Waals surface area contributed by atoms with Crippen LogP contribution in [-0.2, 0) is 14.4 Å². The molecule has 0 radical (unpaired) electrons. The van der Waals surface area contributed by atoms with E-state index in [1.807, 2.05) is 19.1 Å². The van der Waals surface area contributed by atoms with Crippen LogP contribution >= 0.6 is 23.2 Å². The highest BCUT2D eigenvalue weighted by molar-refractivity contribution is 6.39. The molecule has 10 heteroatoms. The van der Waals surface area contributed by atoms with Crippen LogP contribution in [0.25, 0.3) is 6.08 Å². The summed E-state index contributed by atoms with van der Waals surface area (Å²) in [6, 6.07) is 16.9. The summed E-state index contributed by atoms with van der Waals surface area (Å²) in [7, 11) is 0. The fourth-order valence-electron chi connectivity index (χ4n) is 3.44. The summed E-state index contributed by atoms with van der Waals surface area (Å²) in [4.78, 5) is 51.3. The molecule has 0 unspecified atom stereocenters. The van der Waals surface area contributed by atoms with Gasteiger partial charge in [-0.25, -0.2) is 9.69 Å². The van der Waals surface area contributed by atoms with Crippen molar-refractivity contribution < 1.29 is 23.9 Å². The molecule has 36 heavy (non-hydrogen) atoms. The number of rotatable bonds is 6. The molecule has 8 nitrogen and oxygen atoms in total. The summed E-state index contributed by atoms with van der Waals surface area (Å²) >= 11 is 12.0. The topological polar surface area (TPSA) is 105 Å². The van der Waals surface area contributed by atoms with Crippen molar-refractivity contribution in [3.63, 3.8) is 0 Å². The highest BCUT2D eigenvalue weighted by Crippen LogP contribution is 2.28. The molecule has 4 rings (SSSR count). The number of barbiturate groups is 1. The minimum atomic E-state index is -0.889. The van der Waals surface area contributed by atoms with Crippen LogP contribution in [0.5, 0.6) is 5.75 Å². The molecule has 2 N–H and O–H groups in total. The average molecular weight is 524 g/mol. The second kappa shape index (κ2) is 10.6. The van der Waals surface area contributed by atoms with Gasteiger partial charge in [0, 0.05) is 21.3 Å². The molecule has 1 aliphatic heterocycles. The second-order valence-corrected chi connectivity index (χ2v) is 8.64. The van der Waals surface area contributed by atoms with Gasteiger partial charge in [-0.3, -0.25) is 19.7 Å². The van der Waals surface area contributed by atoms with Crippen molar-refractivity contribution in [2.45, 2.75) is 6.92 Å². The van der Waals surface area contributed by atoms with E-state index in [1.165, 1.54) is 42.5 Å². The number of hydrogen-bond donors (Lipinski definition) is 2. The minimum absolute atomic E-state index is 0.211. The van der Waals surface area contributed by atoms with E-state index in [4.69, 9.17) is 27.9 Å². The van der Waals surface area contributed by atoms with Crippen LogP contribution in [-0.4, -0.2) is 30.4 Å². The molecule has 1 fully saturated rings. The molecular weight excluding hydrogens is 505 g/mol. The van der Waals surface area contributed by atoms with Crippen molar-refractivity contribution in [3.8, 4) is 5.75 Å². The largest absolute Gasteiger partial charge is 0.483 e. The van der Waals surface area contributed by atoms with Crippen LogP contribution in [0, 0.1) is 6.92 Å². The van der Waals surface area contributed by atoms with E-state index in [0.717, 1.165) is 10.5 Å². The third kappa shape index (κ3) is 5.56. The third-order valence-corrected chi connectivity index (χ3v) is 5.72. The highest BCUT2D eigenvalue weighted by Gasteiger charge is 2.37. The summed E-state index contributed by atoms with van der Waals surface area (Å²) in [6.07, 6.45) is 1.26. The Balaban J connectivity index is 1.58. The van der Waals surface area contributed by atoms with Crippen LogP contribution in [0.2, 0.25) is 10.0 Å². The van der Waals surface area contributed by atoms with Gasteiger partial charge in [0.2, 0.25) is 0 Å². The summed E-state index contributed by atoms with van der Waals surface area (Å²) in [5, 5.41) is 5.64. The number of carbonyl (C=O) groups is 4. The van der Waals surface area contributed by atoms with Gasteiger partial charge in [-0.05, 0) is 67.1 Å². The summed E-state index contributed by atoms with van der Waals surface area (Å²) < 4.78 is 5.67. The van der Waals surface area contributed by atoms with Crippen molar-refractivity contribution in [2.75, 3.05) is 16.8 Å². The van der Waals surface area contributed by atoms with Gasteiger partial charge in [-0.2, -0.15) is 0 Å². The van der Waals surface area contributed by atoms with Gasteiger partial charge in [0.05, 0.1) is 5.69 Å². The number of urea groups is 1. The lowest BCUT2D eigenvalue weighted by Crippen LogP contribution is -2.54. The third-order valence-electron chi connectivity index (χ3n) is 5.24. The standard InChI is InChI=1S/C26H19Cl2N3O5/c1-15-4-2-3-5-21(15)29-23(32)14-36-22-11-8-18(28)12-16(22)13-20-24(33)30-26(35)31(25(20)34)19-9-6-17(27)7-10-19/h2-13H,14H2,1H3,(H,29,32)(H,30,33,35)/b20-13-. The quantitative estimate of drug-likeness (QED) is 0.350. The van der Waals surface area contributed by atoms with Crippen LogP contribution in [0.1, 0.15) is 11.1 Å². The summed E-state index contributed by atoms with van der Waals surface area (Å²) in [5.74, 6) is -1.90. The smallest absolute Gasteiger partial charge is 0.335 e. The molecular formula is C26H19Cl2N3O5. The van der Waals surface area contributed by atoms with Crippen molar-refractivity contribution in [3.05, 3.63) is 93.5 Å². The Morgan fingerprint density at radius 2 is 1.69 bits per heavy atom. The van der Waals surface area contributed by atoms with E-state index in [-0.39, 0.29) is 29.2 Å². The maximum Gasteiger partial charge on any atom is 0.335 e. The number of carbonyl (C=O) groups excluding carboxylic acids is 4. The lowest BCUT2D eigenvalue weighted by atomic mass is 10.1. The number of benzene rings is 3. The molecule has 0 saturated carbocycles. The van der Waals surface area contributed by atoms with E-state index < -0.39 is 23.8 Å². The normalized spacial score (nSPS) is 14.6. The zero-order chi connectivity index (χ0) is 25.8. The van der Waals surface area contributed by atoms with E-state index in [9.17, 15) is 19.2 Å². The number of ether oxygens (including phenoxy) is 1. The van der Waals surface area contributed by atoms with E-state index in [1.54, 1.807) is 18.2 Å². The first-order valence-corrected chi connectivity index (χ1v) is 11.4. The average Bonchev–Trinajstić information content (AvgIpc) is 2.84. The van der Waals surface area contributed by atoms with Gasteiger partial charge in [-0.1, -0.05) is 41.4 Å². The number of halogens is 2. The SMILES string of the molecule is Cc1ccccc1NC(=O)COc1ccc(Cl)cc1/C=C1/C(=O)NC(=O)N(c2ccc(Cl)cc2)C1=O. The van der Waals surface area contributed by atoms with E-state index in [2.05, 4.69) is 10.6 Å². The fourth-order valence-corrected chi connectivity index (χ4v) is 3.75. The Labute approximate surface area is 216 Å². The number of amides is 5. The molecule has 182 valence electrons. The van der Waals surface area contributed by atoms with Crippen molar-refractivity contribution >= 4 is 64.4 Å². The lowest BCUT2D eigenvalue weighted by Gasteiger charge is -2.26. The Kier molecular flexibility index (Phi) is 7.38. The van der Waals surface area contributed by atoms with Gasteiger partial charge in [-0.15, -0.1) is 0 Å². The highest BCUT2D eigenvalue weighted by atomic mass is 35.5. The maximum atomic E-state index is 13.1. The predicted molar refractivity (Wildman–Crippen MR) is 137 cm³/mol. The molecule has 3 aromatic carbocycles. The molecule has 3 aromatic rings. The fraction of sp³-hybridized carbons (Fsp3) is 0.0769. The zero-order valence-corrected chi connectivity index (χ0v) is 20.4. The molecule has 0 aliphatic carbocycles. The second-order valence-electron chi connectivity index (χ2n) is 7.77. The number of para-hydroxylation sites is 1. The number of anilines is 2. The van der Waals surface area contributed by atoms with Gasteiger partial charge in [0.15, 0.2) is 6.61 Å². The first kappa shape index (κ1) is 25.0. The monoisotopic (exact) mass is 523 g/mol. The van der Waals surface area contributed by atoms with Crippen LogP contribution in [0.4, 0.5) is 16.2 Å². The number of aryl methyl sites for hydroxylation is 1. The minimum Gasteiger partial charge on any atom is -0.483 e. The molecule has 1 heterocycles. The van der Waals surface area contributed by atoms with Crippen molar-refractivity contribution in [2.24, 2.45) is 0 Å². The Bertz CT molecular complexity index is 1400. The Morgan fingerprint density at radius 3 is 2.42 bits per heavy atom. The molecule has 0 bridgehead atoms. The van der Waals surface area contributed by atoms with Gasteiger partial charge in [0.25, 0.3) is 17.7 Å². The van der Waals surface area contributed by atoms with Gasteiger partial charge >= 0.3 is 6.03 Å². The molecule has 5 amide bonds. The van der Waals surface area contributed by atoms with Crippen LogP contribution in [0.3, 0.4) is 0 Å². The maximum absolute atomic E-state index is 13.1. The van der Waals surface area contributed by atoms with Crippen molar-refractivity contribution in [1.82, 2.24) is 5.32 Å². The molecule has 1 aliphatic rings. The molecule has 1 saturated heterocycles. The van der Waals surface area contributed by atoms with E-state index >= 15 is 0 Å². The lowest BCUT2D eigenvalue weighted by molar-refractivity contribution is -0.122. The Hall–Kier alpha value is -4.14. The predicted octanol–water partition coefficient (Wildman–Crippen LogP) is 4.99. The first-order valence-electron chi connectivity index (χ1n) is 10.7. The summed E-state index contributed by atoms with van der Waals surface area (Å²) in [5.41, 5.74) is 1.73. The number of nitrogens with zero attached hydrogens (tertiary/aromatic N) is 1. The number of imide groups is 2. The number of hydrogen-bond acceptors (Lipinski definition) is 5. The Morgan fingerprint density at radius 1 is 1.00 bits per heavy atom. The molecule has 0 spiro atoms. The zero-order valence-electron chi connectivity index (χ0n) is 18.9. The van der Waals surface area contributed by atoms with Crippen LogP contribution < -0.4 is 20.3 Å². The van der Waals surface area contributed by atoms with Gasteiger partial charge in [0.1, 0.15) is 11.3 Å². The molecule has 0 aromatic heterocycles.